The fourth-order valence-corrected chi connectivity index (χ4v) is 3.82. The third kappa shape index (κ3) is 6.58. The van der Waals surface area contributed by atoms with Crippen molar-refractivity contribution in [2.24, 2.45) is 5.41 Å². The summed E-state index contributed by atoms with van der Waals surface area (Å²) in [5.74, 6) is -0.546. The molecule has 1 aromatic rings. The molecule has 8 heteroatoms. The Kier molecular flexibility index (Phi) is 9.45. The van der Waals surface area contributed by atoms with Crippen molar-refractivity contribution in [2.75, 3.05) is 6.54 Å². The standard InChI is InChI=1S/C19H27N3O3S.Y/c1-13(16(20)23)22-11-7-10-19(2,3)15(17(22)24)21-18(25)26-12-14-8-5-4-6-9-14;/h4-6,8-9,13,15H,7,10-12H2,1-3H3,(H3,20,21,23,25);/q;+3/p-1. The van der Waals surface area contributed by atoms with Gasteiger partial charge in [-0.1, -0.05) is 55.9 Å². The van der Waals surface area contributed by atoms with Crippen LogP contribution in [-0.4, -0.2) is 40.6 Å². The number of hydrogen-bond donors (Lipinski definition) is 1. The van der Waals surface area contributed by atoms with Crippen molar-refractivity contribution >= 4 is 28.8 Å². The molecule has 0 aliphatic carbocycles. The summed E-state index contributed by atoms with van der Waals surface area (Å²) in [5, 5.41) is 2.60. The number of nitrogens with one attached hydrogen (secondary N) is 2. The van der Waals surface area contributed by atoms with Crippen LogP contribution in [0.5, 0.6) is 0 Å². The van der Waals surface area contributed by atoms with Gasteiger partial charge in [0.25, 0.3) is 5.24 Å². The number of nitrogens with zero attached hydrogens (tertiary/aromatic N) is 1. The Morgan fingerprint density at radius 1 is 1.33 bits per heavy atom. The normalized spacial score (nSPS) is 20.2. The van der Waals surface area contributed by atoms with Gasteiger partial charge in [-0.25, -0.2) is 0 Å². The Labute approximate surface area is 190 Å². The average molecular weight is 465 g/mol. The van der Waals surface area contributed by atoms with E-state index in [9.17, 15) is 14.4 Å². The minimum absolute atomic E-state index is 0. The first-order valence-corrected chi connectivity index (χ1v) is 9.74. The first-order chi connectivity index (χ1) is 12.2. The van der Waals surface area contributed by atoms with Gasteiger partial charge in [0.15, 0.2) is 0 Å². The van der Waals surface area contributed by atoms with E-state index in [2.05, 4.69) is 5.32 Å². The van der Waals surface area contributed by atoms with Crippen LogP contribution in [0.4, 0.5) is 4.79 Å². The van der Waals surface area contributed by atoms with Crippen LogP contribution in [-0.2, 0) is 48.1 Å². The number of thioether (sulfide) groups is 1. The van der Waals surface area contributed by atoms with Crippen molar-refractivity contribution in [3.8, 4) is 0 Å². The van der Waals surface area contributed by atoms with Gasteiger partial charge in [-0.3, -0.25) is 9.59 Å². The van der Waals surface area contributed by atoms with Crippen LogP contribution in [0, 0.1) is 5.41 Å². The molecule has 1 aliphatic heterocycles. The quantitative estimate of drug-likeness (QED) is 0.720. The van der Waals surface area contributed by atoms with Gasteiger partial charge >= 0.3 is 32.7 Å². The molecule has 0 bridgehead atoms. The molecule has 0 aromatic heterocycles. The molecule has 0 spiro atoms. The van der Waals surface area contributed by atoms with E-state index < -0.39 is 23.4 Å². The fourth-order valence-electron chi connectivity index (χ4n) is 3.13. The van der Waals surface area contributed by atoms with E-state index in [1.807, 2.05) is 44.2 Å². The number of benzene rings is 1. The van der Waals surface area contributed by atoms with Crippen molar-refractivity contribution in [1.82, 2.24) is 10.2 Å². The Morgan fingerprint density at radius 2 is 1.96 bits per heavy atom. The molecule has 1 aliphatic rings. The molecule has 1 saturated heterocycles. The minimum atomic E-state index is -0.798. The maximum absolute atomic E-state index is 13.0. The van der Waals surface area contributed by atoms with E-state index in [1.54, 1.807) is 6.92 Å². The molecular weight excluding hydrogens is 439 g/mol. The van der Waals surface area contributed by atoms with Crippen molar-refractivity contribution < 1.29 is 47.1 Å². The summed E-state index contributed by atoms with van der Waals surface area (Å²) < 4.78 is 0. The molecule has 2 atom stereocenters. The summed E-state index contributed by atoms with van der Waals surface area (Å²) in [5.41, 5.74) is 7.94. The Hall–Kier alpha value is -0.916. The van der Waals surface area contributed by atoms with Crippen molar-refractivity contribution in [2.45, 2.75) is 51.4 Å². The second-order valence-electron chi connectivity index (χ2n) is 7.30. The minimum Gasteiger partial charge on any atom is -0.666 e. The molecule has 1 heterocycles. The van der Waals surface area contributed by atoms with Gasteiger partial charge in [0.2, 0.25) is 5.91 Å². The number of carbonyl (C=O) groups excluding carboxylic acids is 3. The molecule has 6 nitrogen and oxygen atoms in total. The summed E-state index contributed by atoms with van der Waals surface area (Å²) in [4.78, 5) is 38.3. The Balaban J connectivity index is 0.00000364. The molecule has 2 rings (SSSR count). The number of rotatable bonds is 5. The second kappa shape index (κ2) is 10.6. The van der Waals surface area contributed by atoms with E-state index >= 15 is 0 Å². The predicted molar refractivity (Wildman–Crippen MR) is 104 cm³/mol. The molecule has 3 amide bonds. The molecule has 0 saturated carbocycles. The summed E-state index contributed by atoms with van der Waals surface area (Å²) in [7, 11) is 0. The molecule has 2 N–H and O–H groups in total. The SMILES string of the molecule is CC(C([NH-])=O)N1CCCC(C)(C)C(NC(=O)SCc2ccccc2)C1=O.[Y+3]. The van der Waals surface area contributed by atoms with Gasteiger partial charge < -0.3 is 20.7 Å². The van der Waals surface area contributed by atoms with Crippen LogP contribution < -0.4 is 5.32 Å². The maximum Gasteiger partial charge on any atom is 3.00 e. The van der Waals surface area contributed by atoms with Crippen LogP contribution in [0.25, 0.3) is 5.73 Å². The number of hydrogen-bond acceptors (Lipinski definition) is 4. The van der Waals surface area contributed by atoms with Gasteiger partial charge in [-0.2, -0.15) is 0 Å². The van der Waals surface area contributed by atoms with Crippen molar-refractivity contribution in [3.63, 3.8) is 0 Å². The van der Waals surface area contributed by atoms with E-state index in [4.69, 9.17) is 5.73 Å². The van der Waals surface area contributed by atoms with Crippen molar-refractivity contribution in [1.29, 1.82) is 0 Å². The summed E-state index contributed by atoms with van der Waals surface area (Å²) >= 11 is 1.12. The molecule has 1 aromatic carbocycles. The maximum atomic E-state index is 13.0. The van der Waals surface area contributed by atoms with Gasteiger partial charge in [0, 0.05) is 12.3 Å². The fraction of sp³-hybridized carbons (Fsp3) is 0.526. The first-order valence-electron chi connectivity index (χ1n) is 8.75. The van der Waals surface area contributed by atoms with Crippen LogP contribution in [0.15, 0.2) is 30.3 Å². The third-order valence-electron chi connectivity index (χ3n) is 4.85. The monoisotopic (exact) mass is 465 g/mol. The zero-order chi connectivity index (χ0) is 19.3. The zero-order valence-corrected chi connectivity index (χ0v) is 19.7. The molecule has 0 radical (unpaired) electrons. The van der Waals surface area contributed by atoms with E-state index in [1.165, 1.54) is 4.90 Å². The Bertz CT molecular complexity index is 669. The molecule has 2 unspecified atom stereocenters. The van der Waals surface area contributed by atoms with E-state index in [0.29, 0.717) is 12.3 Å². The smallest absolute Gasteiger partial charge is 0.666 e. The molecule has 27 heavy (non-hydrogen) atoms. The second-order valence-corrected chi connectivity index (χ2v) is 8.25. The molecule has 1 fully saturated rings. The number of carbonyl (C=O) groups is 3. The van der Waals surface area contributed by atoms with Gasteiger partial charge in [0.05, 0.1) is 11.9 Å². The third-order valence-corrected chi connectivity index (χ3v) is 5.71. The van der Waals surface area contributed by atoms with Crippen LogP contribution in [0.3, 0.4) is 0 Å². The molecule has 142 valence electrons. The topological polar surface area (TPSA) is 90.3 Å². The van der Waals surface area contributed by atoms with Crippen LogP contribution in [0.1, 0.15) is 39.2 Å². The Morgan fingerprint density at radius 3 is 2.56 bits per heavy atom. The number of likely N-dealkylation sites (tertiary alicyclic amines) is 1. The average Bonchev–Trinajstić information content (AvgIpc) is 2.71. The largest absolute Gasteiger partial charge is 3.00 e. The van der Waals surface area contributed by atoms with Crippen LogP contribution in [0.2, 0.25) is 0 Å². The van der Waals surface area contributed by atoms with Gasteiger partial charge in [-0.15, -0.1) is 0 Å². The number of amides is 3. The summed E-state index contributed by atoms with van der Waals surface area (Å²) in [6.45, 7) is 5.90. The van der Waals surface area contributed by atoms with Gasteiger partial charge in [0.1, 0.15) is 6.04 Å². The first kappa shape index (κ1) is 24.1. The van der Waals surface area contributed by atoms with Gasteiger partial charge in [-0.05, 0) is 30.7 Å². The molecular formula is C19H26N3O3SY+2. The summed E-state index contributed by atoms with van der Waals surface area (Å²) in [6, 6.07) is 8.15. The van der Waals surface area contributed by atoms with E-state index in [-0.39, 0.29) is 43.9 Å². The predicted octanol–water partition coefficient (Wildman–Crippen LogP) is 3.61. The van der Waals surface area contributed by atoms with Crippen molar-refractivity contribution in [3.05, 3.63) is 41.6 Å². The van der Waals surface area contributed by atoms with E-state index in [0.717, 1.165) is 30.2 Å². The summed E-state index contributed by atoms with van der Waals surface area (Å²) in [6.07, 6.45) is 1.49. The van der Waals surface area contributed by atoms with Crippen LogP contribution >= 0.6 is 11.8 Å². The zero-order valence-electron chi connectivity index (χ0n) is 16.0.